The van der Waals surface area contributed by atoms with Gasteiger partial charge in [-0.25, -0.2) is 0 Å². The van der Waals surface area contributed by atoms with Crippen molar-refractivity contribution < 1.29 is 0 Å². The molecule has 0 saturated heterocycles. The Bertz CT molecular complexity index is 435. The van der Waals surface area contributed by atoms with Crippen molar-refractivity contribution in [2.45, 2.75) is 13.5 Å². The second kappa shape index (κ2) is 3.15. The number of nitrogens with two attached hydrogens (primary N) is 1. The van der Waals surface area contributed by atoms with Crippen LogP contribution in [0.4, 0.5) is 0 Å². The minimum Gasteiger partial charge on any atom is -0.326 e. The number of fused-ring (bicyclic) bond motifs is 1. The maximum absolute atomic E-state index is 5.68. The van der Waals surface area contributed by atoms with Gasteiger partial charge in [0.25, 0.3) is 0 Å². The number of aromatic nitrogens is 1. The van der Waals surface area contributed by atoms with Crippen molar-refractivity contribution in [3.05, 3.63) is 41.6 Å². The lowest BCUT2D eigenvalue weighted by Gasteiger charge is -2.06. The first-order valence-electron chi connectivity index (χ1n) is 4.36. The summed E-state index contributed by atoms with van der Waals surface area (Å²) >= 11 is 0. The molecule has 1 heterocycles. The Morgan fingerprint density at radius 2 is 2.15 bits per heavy atom. The van der Waals surface area contributed by atoms with Crippen LogP contribution in [-0.4, -0.2) is 4.98 Å². The van der Waals surface area contributed by atoms with Gasteiger partial charge in [0.1, 0.15) is 0 Å². The normalized spacial score (nSPS) is 10.6. The van der Waals surface area contributed by atoms with Crippen LogP contribution in [0.25, 0.3) is 10.9 Å². The van der Waals surface area contributed by atoms with E-state index in [1.807, 2.05) is 6.07 Å². The van der Waals surface area contributed by atoms with Gasteiger partial charge in [-0.15, -0.1) is 0 Å². The van der Waals surface area contributed by atoms with E-state index in [9.17, 15) is 0 Å². The maximum Gasteiger partial charge on any atom is 0.0749 e. The highest BCUT2D eigenvalue weighted by Gasteiger charge is 2.02. The Hall–Kier alpha value is -1.41. The average molecular weight is 172 g/mol. The van der Waals surface area contributed by atoms with Crippen LogP contribution < -0.4 is 5.73 Å². The van der Waals surface area contributed by atoms with E-state index in [2.05, 4.69) is 30.1 Å². The highest BCUT2D eigenvalue weighted by atomic mass is 14.7. The summed E-state index contributed by atoms with van der Waals surface area (Å²) in [6.07, 6.45) is 1.81. The van der Waals surface area contributed by atoms with Gasteiger partial charge in [-0.3, -0.25) is 4.98 Å². The van der Waals surface area contributed by atoms with E-state index in [1.54, 1.807) is 6.20 Å². The third kappa shape index (κ3) is 1.29. The molecule has 0 saturated carbocycles. The van der Waals surface area contributed by atoms with Gasteiger partial charge < -0.3 is 5.73 Å². The van der Waals surface area contributed by atoms with Gasteiger partial charge in [-0.05, 0) is 24.1 Å². The van der Waals surface area contributed by atoms with Crippen LogP contribution in [0, 0.1) is 6.92 Å². The molecule has 0 aliphatic heterocycles. The summed E-state index contributed by atoms with van der Waals surface area (Å²) < 4.78 is 0. The summed E-state index contributed by atoms with van der Waals surface area (Å²) in [5.41, 5.74) is 9.08. The lowest BCUT2D eigenvalue weighted by atomic mass is 10.0. The van der Waals surface area contributed by atoms with Gasteiger partial charge in [0, 0.05) is 18.1 Å². The van der Waals surface area contributed by atoms with Gasteiger partial charge in [0.2, 0.25) is 0 Å². The number of hydrogen-bond donors (Lipinski definition) is 1. The van der Waals surface area contributed by atoms with Crippen LogP contribution in [0.1, 0.15) is 11.1 Å². The standard InChI is InChI=1S/C11H12N2/c1-8-4-5-9-3-2-6-13-11(9)10(8)7-12/h2-6H,7,12H2,1H3. The highest BCUT2D eigenvalue weighted by molar-refractivity contribution is 5.82. The van der Waals surface area contributed by atoms with Gasteiger partial charge in [0.15, 0.2) is 0 Å². The molecule has 0 atom stereocenters. The molecule has 0 unspecified atom stereocenters. The molecule has 0 bridgehead atoms. The third-order valence-electron chi connectivity index (χ3n) is 2.32. The van der Waals surface area contributed by atoms with Crippen molar-refractivity contribution in [3.8, 4) is 0 Å². The summed E-state index contributed by atoms with van der Waals surface area (Å²) in [6.45, 7) is 2.62. The van der Waals surface area contributed by atoms with E-state index in [-0.39, 0.29) is 0 Å². The molecular weight excluding hydrogens is 160 g/mol. The highest BCUT2D eigenvalue weighted by Crippen LogP contribution is 2.18. The Labute approximate surface area is 77.4 Å². The molecule has 66 valence electrons. The second-order valence-corrected chi connectivity index (χ2v) is 3.14. The molecule has 2 rings (SSSR count). The molecule has 0 amide bonds. The van der Waals surface area contributed by atoms with Crippen molar-refractivity contribution in [2.75, 3.05) is 0 Å². The summed E-state index contributed by atoms with van der Waals surface area (Å²) in [7, 11) is 0. The Morgan fingerprint density at radius 3 is 2.92 bits per heavy atom. The molecule has 0 aliphatic carbocycles. The Balaban J connectivity index is 2.84. The van der Waals surface area contributed by atoms with Crippen molar-refractivity contribution >= 4 is 10.9 Å². The molecule has 1 aromatic heterocycles. The van der Waals surface area contributed by atoms with E-state index in [1.165, 1.54) is 5.56 Å². The lowest BCUT2D eigenvalue weighted by Crippen LogP contribution is -2.00. The predicted molar refractivity (Wildman–Crippen MR) is 54.4 cm³/mol. The van der Waals surface area contributed by atoms with Gasteiger partial charge in [-0.1, -0.05) is 18.2 Å². The SMILES string of the molecule is Cc1ccc2cccnc2c1CN. The van der Waals surface area contributed by atoms with Crippen LogP contribution in [0.2, 0.25) is 0 Å². The van der Waals surface area contributed by atoms with Crippen LogP contribution >= 0.6 is 0 Å². The number of hydrogen-bond acceptors (Lipinski definition) is 2. The zero-order valence-electron chi connectivity index (χ0n) is 7.62. The molecule has 13 heavy (non-hydrogen) atoms. The molecule has 2 nitrogen and oxygen atoms in total. The van der Waals surface area contributed by atoms with Crippen molar-refractivity contribution in [3.63, 3.8) is 0 Å². The molecule has 0 spiro atoms. The molecular formula is C11H12N2. The molecule has 2 N–H and O–H groups in total. The molecule has 0 fully saturated rings. The van der Waals surface area contributed by atoms with Crippen molar-refractivity contribution in [2.24, 2.45) is 5.73 Å². The number of nitrogens with zero attached hydrogens (tertiary/aromatic N) is 1. The quantitative estimate of drug-likeness (QED) is 0.714. The van der Waals surface area contributed by atoms with E-state index in [4.69, 9.17) is 5.73 Å². The summed E-state index contributed by atoms with van der Waals surface area (Å²) in [5, 5.41) is 1.16. The first-order chi connectivity index (χ1) is 6.33. The first-order valence-corrected chi connectivity index (χ1v) is 4.36. The van der Waals surface area contributed by atoms with E-state index < -0.39 is 0 Å². The van der Waals surface area contributed by atoms with Gasteiger partial charge >= 0.3 is 0 Å². The monoisotopic (exact) mass is 172 g/mol. The fourth-order valence-electron chi connectivity index (χ4n) is 1.56. The molecule has 2 aromatic rings. The zero-order valence-corrected chi connectivity index (χ0v) is 7.62. The third-order valence-corrected chi connectivity index (χ3v) is 2.32. The van der Waals surface area contributed by atoms with Crippen molar-refractivity contribution in [1.82, 2.24) is 4.98 Å². The van der Waals surface area contributed by atoms with Gasteiger partial charge in [-0.2, -0.15) is 0 Å². The van der Waals surface area contributed by atoms with E-state index in [0.29, 0.717) is 6.54 Å². The average Bonchev–Trinajstić information content (AvgIpc) is 2.18. The molecule has 0 radical (unpaired) electrons. The topological polar surface area (TPSA) is 38.9 Å². The Morgan fingerprint density at radius 1 is 1.31 bits per heavy atom. The van der Waals surface area contributed by atoms with Gasteiger partial charge in [0.05, 0.1) is 5.52 Å². The molecule has 2 heteroatoms. The minimum absolute atomic E-state index is 0.556. The second-order valence-electron chi connectivity index (χ2n) is 3.14. The summed E-state index contributed by atoms with van der Waals surface area (Å²) in [5.74, 6) is 0. The molecule has 1 aromatic carbocycles. The van der Waals surface area contributed by atoms with E-state index >= 15 is 0 Å². The smallest absolute Gasteiger partial charge is 0.0749 e. The zero-order chi connectivity index (χ0) is 9.26. The number of rotatable bonds is 1. The fourth-order valence-corrected chi connectivity index (χ4v) is 1.56. The molecule has 0 aliphatic rings. The predicted octanol–water partition coefficient (Wildman–Crippen LogP) is 2.00. The van der Waals surface area contributed by atoms with Crippen LogP contribution in [0.3, 0.4) is 0 Å². The maximum atomic E-state index is 5.68. The first kappa shape index (κ1) is 8.20. The summed E-state index contributed by atoms with van der Waals surface area (Å²) in [6, 6.07) is 8.17. The number of benzene rings is 1. The Kier molecular flexibility index (Phi) is 1.99. The van der Waals surface area contributed by atoms with E-state index in [0.717, 1.165) is 16.5 Å². The van der Waals surface area contributed by atoms with Crippen LogP contribution in [-0.2, 0) is 6.54 Å². The minimum atomic E-state index is 0.556. The fraction of sp³-hybridized carbons (Fsp3) is 0.182. The van der Waals surface area contributed by atoms with Crippen molar-refractivity contribution in [1.29, 1.82) is 0 Å². The number of pyridine rings is 1. The summed E-state index contributed by atoms with van der Waals surface area (Å²) in [4.78, 5) is 4.33. The largest absolute Gasteiger partial charge is 0.326 e. The van der Waals surface area contributed by atoms with Crippen LogP contribution in [0.15, 0.2) is 30.5 Å². The number of aryl methyl sites for hydroxylation is 1. The lowest BCUT2D eigenvalue weighted by molar-refractivity contribution is 1.06. The van der Waals surface area contributed by atoms with Crippen LogP contribution in [0.5, 0.6) is 0 Å².